The standard InChI is InChI=1S/C13H27N5O2/c1-6-10(19-4)12(16-14)13-11(20-5)9-15-18(13)8-7-17(2)3/h9-10,12,16H,6-8,14H2,1-5H3. The van der Waals surface area contributed by atoms with Crippen LogP contribution in [0, 0.1) is 0 Å². The van der Waals surface area contributed by atoms with E-state index < -0.39 is 0 Å². The van der Waals surface area contributed by atoms with Gasteiger partial charge in [0.2, 0.25) is 0 Å². The number of likely N-dealkylation sites (N-methyl/N-ethyl adjacent to an activating group) is 1. The number of methoxy groups -OCH3 is 2. The van der Waals surface area contributed by atoms with Gasteiger partial charge in [0.25, 0.3) is 0 Å². The molecule has 0 fully saturated rings. The van der Waals surface area contributed by atoms with Crippen molar-refractivity contribution in [3.8, 4) is 5.75 Å². The van der Waals surface area contributed by atoms with Crippen molar-refractivity contribution in [3.05, 3.63) is 11.9 Å². The Bertz CT molecular complexity index is 390. The van der Waals surface area contributed by atoms with Crippen molar-refractivity contribution in [2.75, 3.05) is 34.9 Å². The lowest BCUT2D eigenvalue weighted by Gasteiger charge is -2.26. The molecule has 2 atom stereocenters. The van der Waals surface area contributed by atoms with Crippen molar-refractivity contribution in [2.45, 2.75) is 32.0 Å². The lowest BCUT2D eigenvalue weighted by molar-refractivity contribution is 0.0612. The minimum atomic E-state index is -0.162. The van der Waals surface area contributed by atoms with Gasteiger partial charge in [-0.05, 0) is 20.5 Å². The Morgan fingerprint density at radius 1 is 1.45 bits per heavy atom. The number of aromatic nitrogens is 2. The Kier molecular flexibility index (Phi) is 6.94. The van der Waals surface area contributed by atoms with Gasteiger partial charge in [-0.15, -0.1) is 0 Å². The molecule has 20 heavy (non-hydrogen) atoms. The molecule has 0 radical (unpaired) electrons. The maximum absolute atomic E-state index is 5.73. The van der Waals surface area contributed by atoms with Crippen molar-refractivity contribution in [1.82, 2.24) is 20.1 Å². The summed E-state index contributed by atoms with van der Waals surface area (Å²) >= 11 is 0. The lowest BCUT2D eigenvalue weighted by atomic mass is 10.1. The summed E-state index contributed by atoms with van der Waals surface area (Å²) in [5.74, 6) is 6.45. The predicted molar refractivity (Wildman–Crippen MR) is 78.5 cm³/mol. The van der Waals surface area contributed by atoms with Crippen LogP contribution in [0.25, 0.3) is 0 Å². The zero-order chi connectivity index (χ0) is 15.1. The quantitative estimate of drug-likeness (QED) is 0.504. The Morgan fingerprint density at radius 2 is 2.15 bits per heavy atom. The summed E-state index contributed by atoms with van der Waals surface area (Å²) in [6.45, 7) is 3.72. The maximum atomic E-state index is 5.73. The van der Waals surface area contributed by atoms with Crippen molar-refractivity contribution < 1.29 is 9.47 Å². The topological polar surface area (TPSA) is 77.6 Å². The second-order valence-electron chi connectivity index (χ2n) is 4.95. The maximum Gasteiger partial charge on any atom is 0.161 e. The highest BCUT2D eigenvalue weighted by Gasteiger charge is 2.27. The lowest BCUT2D eigenvalue weighted by Crippen LogP contribution is -2.39. The van der Waals surface area contributed by atoms with Gasteiger partial charge in [0.05, 0.1) is 32.0 Å². The number of ether oxygens (including phenoxy) is 2. The van der Waals surface area contributed by atoms with E-state index in [0.29, 0.717) is 0 Å². The van der Waals surface area contributed by atoms with Gasteiger partial charge in [0, 0.05) is 13.7 Å². The zero-order valence-corrected chi connectivity index (χ0v) is 13.1. The van der Waals surface area contributed by atoms with Crippen LogP contribution in [0.15, 0.2) is 6.20 Å². The Labute approximate surface area is 121 Å². The first-order chi connectivity index (χ1) is 9.58. The van der Waals surface area contributed by atoms with Gasteiger partial charge in [-0.3, -0.25) is 10.5 Å². The Balaban J connectivity index is 3.07. The van der Waals surface area contributed by atoms with Crippen molar-refractivity contribution >= 4 is 0 Å². The van der Waals surface area contributed by atoms with Crippen molar-refractivity contribution in [1.29, 1.82) is 0 Å². The molecule has 1 rings (SSSR count). The summed E-state index contributed by atoms with van der Waals surface area (Å²) in [5, 5.41) is 4.39. The van der Waals surface area contributed by atoms with E-state index in [0.717, 1.165) is 31.0 Å². The van der Waals surface area contributed by atoms with Crippen LogP contribution in [0.5, 0.6) is 5.75 Å². The van der Waals surface area contributed by atoms with Crippen LogP contribution in [0.1, 0.15) is 25.1 Å². The minimum Gasteiger partial charge on any atom is -0.493 e. The fraction of sp³-hybridized carbons (Fsp3) is 0.769. The molecule has 1 aromatic rings. The Hall–Kier alpha value is -1.15. The molecule has 1 aromatic heterocycles. The molecule has 1 heterocycles. The van der Waals surface area contributed by atoms with Crippen LogP contribution in [0.3, 0.4) is 0 Å². The zero-order valence-electron chi connectivity index (χ0n) is 13.1. The summed E-state index contributed by atoms with van der Waals surface area (Å²) in [6, 6.07) is -0.162. The summed E-state index contributed by atoms with van der Waals surface area (Å²) in [6.07, 6.45) is 2.52. The smallest absolute Gasteiger partial charge is 0.161 e. The van der Waals surface area contributed by atoms with Crippen LogP contribution in [0.4, 0.5) is 0 Å². The number of nitrogens with two attached hydrogens (primary N) is 1. The van der Waals surface area contributed by atoms with Crippen molar-refractivity contribution in [3.63, 3.8) is 0 Å². The monoisotopic (exact) mass is 285 g/mol. The average Bonchev–Trinajstić information content (AvgIpc) is 2.85. The van der Waals surface area contributed by atoms with E-state index >= 15 is 0 Å². The molecule has 0 bridgehead atoms. The minimum absolute atomic E-state index is 0.0382. The number of nitrogens with zero attached hydrogens (tertiary/aromatic N) is 3. The summed E-state index contributed by atoms with van der Waals surface area (Å²) < 4.78 is 12.8. The molecule has 0 amide bonds. The molecule has 7 nitrogen and oxygen atoms in total. The Morgan fingerprint density at radius 3 is 2.60 bits per heavy atom. The summed E-state index contributed by atoms with van der Waals surface area (Å²) in [7, 11) is 7.38. The summed E-state index contributed by atoms with van der Waals surface area (Å²) in [5.41, 5.74) is 3.75. The normalized spacial score (nSPS) is 14.6. The van der Waals surface area contributed by atoms with E-state index in [1.54, 1.807) is 20.4 Å². The number of hydrogen-bond donors (Lipinski definition) is 2. The first-order valence-electron chi connectivity index (χ1n) is 6.82. The molecule has 116 valence electrons. The van der Waals surface area contributed by atoms with E-state index in [-0.39, 0.29) is 12.1 Å². The molecule has 0 saturated heterocycles. The van der Waals surface area contributed by atoms with Gasteiger partial charge < -0.3 is 14.4 Å². The first kappa shape index (κ1) is 16.9. The fourth-order valence-corrected chi connectivity index (χ4v) is 2.22. The van der Waals surface area contributed by atoms with Gasteiger partial charge in [-0.25, -0.2) is 5.43 Å². The molecule has 0 saturated carbocycles. The van der Waals surface area contributed by atoms with Crippen LogP contribution in [-0.4, -0.2) is 55.6 Å². The van der Waals surface area contributed by atoms with Crippen molar-refractivity contribution in [2.24, 2.45) is 5.84 Å². The number of rotatable bonds is 9. The molecule has 0 aromatic carbocycles. The third-order valence-corrected chi connectivity index (χ3v) is 3.37. The van der Waals surface area contributed by atoms with E-state index in [4.69, 9.17) is 15.3 Å². The van der Waals surface area contributed by atoms with Gasteiger partial charge in [-0.1, -0.05) is 6.92 Å². The van der Waals surface area contributed by atoms with E-state index in [1.165, 1.54) is 0 Å². The van der Waals surface area contributed by atoms with Gasteiger partial charge in [-0.2, -0.15) is 5.10 Å². The van der Waals surface area contributed by atoms with Crippen LogP contribution >= 0.6 is 0 Å². The molecule has 3 N–H and O–H groups in total. The highest BCUT2D eigenvalue weighted by molar-refractivity contribution is 5.29. The second kappa shape index (κ2) is 8.21. The van der Waals surface area contributed by atoms with E-state index in [1.807, 2.05) is 18.8 Å². The summed E-state index contributed by atoms with van der Waals surface area (Å²) in [4.78, 5) is 2.11. The SMILES string of the molecule is CCC(OC)C(NN)c1c(OC)cnn1CCN(C)C. The predicted octanol–water partition coefficient (Wildman–Crippen LogP) is 0.383. The average molecular weight is 285 g/mol. The second-order valence-corrected chi connectivity index (χ2v) is 4.95. The number of nitrogens with one attached hydrogen (secondary N) is 1. The largest absolute Gasteiger partial charge is 0.493 e. The third-order valence-electron chi connectivity index (χ3n) is 3.37. The number of hydrazine groups is 1. The van der Waals surface area contributed by atoms with Gasteiger partial charge in [0.15, 0.2) is 5.75 Å². The molecule has 0 aliphatic rings. The molecule has 0 aliphatic heterocycles. The molecule has 2 unspecified atom stereocenters. The molecule has 7 heteroatoms. The van der Waals surface area contributed by atoms with Crippen LogP contribution in [0.2, 0.25) is 0 Å². The highest BCUT2D eigenvalue weighted by atomic mass is 16.5. The van der Waals surface area contributed by atoms with Gasteiger partial charge in [0.1, 0.15) is 5.69 Å². The van der Waals surface area contributed by atoms with Gasteiger partial charge >= 0.3 is 0 Å². The first-order valence-corrected chi connectivity index (χ1v) is 6.82. The van der Waals surface area contributed by atoms with E-state index in [2.05, 4.69) is 22.3 Å². The van der Waals surface area contributed by atoms with Crippen LogP contribution in [-0.2, 0) is 11.3 Å². The third kappa shape index (κ3) is 3.92. The molecule has 0 aliphatic carbocycles. The molecular formula is C13H27N5O2. The van der Waals surface area contributed by atoms with E-state index in [9.17, 15) is 0 Å². The fourth-order valence-electron chi connectivity index (χ4n) is 2.22. The highest BCUT2D eigenvalue weighted by Crippen LogP contribution is 2.29. The van der Waals surface area contributed by atoms with Crippen LogP contribution < -0.4 is 16.0 Å². The molecular weight excluding hydrogens is 258 g/mol. The molecule has 0 spiro atoms. The number of hydrogen-bond acceptors (Lipinski definition) is 6.